The molecule has 0 aromatic carbocycles. The van der Waals surface area contributed by atoms with Crippen LogP contribution >= 0.6 is 24.0 Å². The maximum atomic E-state index is 10.8. The van der Waals surface area contributed by atoms with Gasteiger partial charge in [0.05, 0.1) is 0 Å². The van der Waals surface area contributed by atoms with Crippen LogP contribution in [0.15, 0.2) is 0 Å². The lowest BCUT2D eigenvalue weighted by molar-refractivity contribution is 0.148. The molecule has 0 N–H and O–H groups in total. The Morgan fingerprint density at radius 2 is 1.69 bits per heavy atom. The predicted molar refractivity (Wildman–Crippen MR) is 54.7 cm³/mol. The van der Waals surface area contributed by atoms with Crippen molar-refractivity contribution in [2.45, 2.75) is 18.9 Å². The van der Waals surface area contributed by atoms with Crippen molar-refractivity contribution >= 4 is 29.4 Å². The van der Waals surface area contributed by atoms with Crippen LogP contribution in [0.3, 0.4) is 0 Å². The number of amides is 1. The molecule has 1 saturated carbocycles. The zero-order valence-corrected chi connectivity index (χ0v) is 8.98. The van der Waals surface area contributed by atoms with Gasteiger partial charge in [0, 0.05) is 32.2 Å². The first-order chi connectivity index (χ1) is 5.77. The smallest absolute Gasteiger partial charge is 0.316 e. The van der Waals surface area contributed by atoms with Crippen molar-refractivity contribution in [1.82, 2.24) is 9.80 Å². The van der Waals surface area contributed by atoms with Crippen LogP contribution in [0.1, 0.15) is 12.8 Å². The summed E-state index contributed by atoms with van der Waals surface area (Å²) in [6.07, 6.45) is 2.68. The van der Waals surface area contributed by atoms with Crippen molar-refractivity contribution in [2.75, 3.05) is 26.2 Å². The molecule has 1 aliphatic heterocycles. The van der Waals surface area contributed by atoms with Gasteiger partial charge < -0.3 is 4.90 Å². The highest BCUT2D eigenvalue weighted by Gasteiger charge is 2.31. The molecule has 2 aliphatic rings. The van der Waals surface area contributed by atoms with E-state index in [0.717, 1.165) is 32.2 Å². The van der Waals surface area contributed by atoms with Gasteiger partial charge in [0.15, 0.2) is 0 Å². The fraction of sp³-hybridized carbons (Fsp3) is 0.875. The second kappa shape index (κ2) is 4.49. The van der Waals surface area contributed by atoms with Crippen molar-refractivity contribution in [2.24, 2.45) is 0 Å². The topological polar surface area (TPSA) is 23.6 Å². The first kappa shape index (κ1) is 11.1. The summed E-state index contributed by atoms with van der Waals surface area (Å²) in [4.78, 5) is 14.9. The van der Waals surface area contributed by atoms with Gasteiger partial charge >= 0.3 is 5.37 Å². The first-order valence-electron chi connectivity index (χ1n) is 4.46. The summed E-state index contributed by atoms with van der Waals surface area (Å²) in [5.41, 5.74) is 0. The van der Waals surface area contributed by atoms with Crippen LogP contribution in [0.2, 0.25) is 0 Å². The minimum absolute atomic E-state index is 0. The normalized spacial score (nSPS) is 23.9. The van der Waals surface area contributed by atoms with E-state index in [9.17, 15) is 4.79 Å². The van der Waals surface area contributed by atoms with Crippen molar-refractivity contribution in [3.63, 3.8) is 0 Å². The molecule has 1 aliphatic carbocycles. The Kier molecular flexibility index (Phi) is 3.83. The molecular formula is C8H14Cl2N2O. The third kappa shape index (κ3) is 2.73. The molecule has 76 valence electrons. The van der Waals surface area contributed by atoms with Gasteiger partial charge in [-0.1, -0.05) is 0 Å². The molecule has 2 fully saturated rings. The van der Waals surface area contributed by atoms with Crippen LogP contribution in [0, 0.1) is 0 Å². The van der Waals surface area contributed by atoms with Crippen molar-refractivity contribution < 1.29 is 4.79 Å². The fourth-order valence-corrected chi connectivity index (χ4v) is 1.87. The molecule has 0 aromatic heterocycles. The Morgan fingerprint density at radius 1 is 1.15 bits per heavy atom. The average molecular weight is 225 g/mol. The molecule has 0 spiro atoms. The summed E-state index contributed by atoms with van der Waals surface area (Å²) in [5.74, 6) is 0. The Morgan fingerprint density at radius 3 is 2.08 bits per heavy atom. The lowest BCUT2D eigenvalue weighted by atomic mass is 10.3. The average Bonchev–Trinajstić information content (AvgIpc) is 2.87. The number of nitrogens with zero attached hydrogens (tertiary/aromatic N) is 2. The first-order valence-corrected chi connectivity index (χ1v) is 4.83. The molecule has 0 unspecified atom stereocenters. The van der Waals surface area contributed by atoms with Crippen molar-refractivity contribution in [3.05, 3.63) is 0 Å². The van der Waals surface area contributed by atoms with Gasteiger partial charge in [-0.05, 0) is 24.4 Å². The van der Waals surface area contributed by atoms with E-state index in [-0.39, 0.29) is 17.8 Å². The maximum absolute atomic E-state index is 10.8. The minimum atomic E-state index is -0.301. The molecule has 5 heteroatoms. The summed E-state index contributed by atoms with van der Waals surface area (Å²) < 4.78 is 0. The number of piperazine rings is 1. The summed E-state index contributed by atoms with van der Waals surface area (Å²) in [5, 5.41) is -0.301. The summed E-state index contributed by atoms with van der Waals surface area (Å²) in [6.45, 7) is 3.62. The number of hydrogen-bond acceptors (Lipinski definition) is 2. The van der Waals surface area contributed by atoms with Gasteiger partial charge in [0.25, 0.3) is 0 Å². The van der Waals surface area contributed by atoms with E-state index in [4.69, 9.17) is 11.6 Å². The Hall–Kier alpha value is 0.01000. The second-order valence-electron chi connectivity index (χ2n) is 3.51. The Bertz CT molecular complexity index is 189. The van der Waals surface area contributed by atoms with Gasteiger partial charge in [-0.2, -0.15) is 0 Å². The molecule has 2 rings (SSSR count). The molecule has 1 heterocycles. The predicted octanol–water partition coefficient (Wildman–Crippen LogP) is 1.55. The third-order valence-electron chi connectivity index (χ3n) is 2.63. The Labute approximate surface area is 89.4 Å². The highest BCUT2D eigenvalue weighted by molar-refractivity contribution is 6.62. The number of rotatable bonds is 1. The zero-order chi connectivity index (χ0) is 8.55. The number of hydrogen-bond donors (Lipinski definition) is 0. The van der Waals surface area contributed by atoms with Crippen molar-refractivity contribution in [3.8, 4) is 0 Å². The quantitative estimate of drug-likeness (QED) is 0.499. The van der Waals surface area contributed by atoms with E-state index in [0.29, 0.717) is 0 Å². The number of carbonyl (C=O) groups is 1. The molecule has 0 atom stereocenters. The molecule has 0 bridgehead atoms. The second-order valence-corrected chi connectivity index (χ2v) is 3.83. The van der Waals surface area contributed by atoms with E-state index in [1.54, 1.807) is 4.90 Å². The lowest BCUT2D eigenvalue weighted by Gasteiger charge is -2.33. The van der Waals surface area contributed by atoms with Crippen LogP contribution in [0.5, 0.6) is 0 Å². The largest absolute Gasteiger partial charge is 0.327 e. The number of carbonyl (C=O) groups excluding carboxylic acids is 1. The van der Waals surface area contributed by atoms with E-state index in [1.807, 2.05) is 0 Å². The van der Waals surface area contributed by atoms with Gasteiger partial charge in [0.1, 0.15) is 0 Å². The summed E-state index contributed by atoms with van der Waals surface area (Å²) >= 11 is 5.37. The van der Waals surface area contributed by atoms with Crippen LogP contribution < -0.4 is 0 Å². The fourth-order valence-electron chi connectivity index (χ4n) is 1.70. The highest BCUT2D eigenvalue weighted by atomic mass is 35.5. The standard InChI is InChI=1S/C8H13ClN2O.ClH/c9-8(12)11-5-3-10(4-6-11)7-1-2-7;/h7H,1-6H2;1H. The van der Waals surface area contributed by atoms with E-state index in [2.05, 4.69) is 4.90 Å². The molecule has 3 nitrogen and oxygen atoms in total. The van der Waals surface area contributed by atoms with E-state index in [1.165, 1.54) is 12.8 Å². The molecule has 1 amide bonds. The van der Waals surface area contributed by atoms with Gasteiger partial charge in [-0.25, -0.2) is 0 Å². The van der Waals surface area contributed by atoms with Crippen LogP contribution in [-0.2, 0) is 0 Å². The summed E-state index contributed by atoms with van der Waals surface area (Å²) in [7, 11) is 0. The minimum Gasteiger partial charge on any atom is -0.327 e. The summed E-state index contributed by atoms with van der Waals surface area (Å²) in [6, 6.07) is 0.817. The van der Waals surface area contributed by atoms with Gasteiger partial charge in [0.2, 0.25) is 0 Å². The Balaban J connectivity index is 0.000000845. The van der Waals surface area contributed by atoms with Crippen molar-refractivity contribution in [1.29, 1.82) is 0 Å². The maximum Gasteiger partial charge on any atom is 0.316 e. The lowest BCUT2D eigenvalue weighted by Crippen LogP contribution is -2.47. The third-order valence-corrected chi connectivity index (χ3v) is 2.87. The molecule has 13 heavy (non-hydrogen) atoms. The monoisotopic (exact) mass is 224 g/mol. The van der Waals surface area contributed by atoms with Gasteiger partial charge in [-0.3, -0.25) is 9.69 Å². The van der Waals surface area contributed by atoms with Crippen LogP contribution in [0.4, 0.5) is 4.79 Å². The molecule has 1 saturated heterocycles. The van der Waals surface area contributed by atoms with Gasteiger partial charge in [-0.15, -0.1) is 12.4 Å². The zero-order valence-electron chi connectivity index (χ0n) is 7.41. The number of halogens is 2. The highest BCUT2D eigenvalue weighted by Crippen LogP contribution is 2.27. The molecule has 0 radical (unpaired) electrons. The van der Waals surface area contributed by atoms with E-state index >= 15 is 0 Å². The van der Waals surface area contributed by atoms with Crippen LogP contribution in [-0.4, -0.2) is 47.4 Å². The van der Waals surface area contributed by atoms with Crippen LogP contribution in [0.25, 0.3) is 0 Å². The SMILES string of the molecule is Cl.O=C(Cl)N1CCN(C2CC2)CC1. The molecular weight excluding hydrogens is 211 g/mol. The molecule has 0 aromatic rings. The van der Waals surface area contributed by atoms with E-state index < -0.39 is 0 Å².